The Kier molecular flexibility index (Phi) is 3.28. The number of rotatable bonds is 1. The van der Waals surface area contributed by atoms with Crippen LogP contribution in [-0.4, -0.2) is 24.2 Å². The Morgan fingerprint density at radius 1 is 1.53 bits per heavy atom. The molecular weight excluding hydrogens is 195 g/mol. The minimum absolute atomic E-state index is 0.0597. The SMILES string of the molecule is CC1CCOC(c2ccc(F)cn2)CN1. The molecule has 2 atom stereocenters. The first-order chi connectivity index (χ1) is 7.25. The summed E-state index contributed by atoms with van der Waals surface area (Å²) in [5, 5.41) is 3.35. The molecule has 0 amide bonds. The number of halogens is 1. The van der Waals surface area contributed by atoms with Crippen LogP contribution < -0.4 is 5.32 Å². The van der Waals surface area contributed by atoms with Gasteiger partial charge in [-0.1, -0.05) is 0 Å². The van der Waals surface area contributed by atoms with Crippen LogP contribution in [0.5, 0.6) is 0 Å². The minimum atomic E-state index is -0.311. The molecule has 1 aromatic heterocycles. The van der Waals surface area contributed by atoms with Crippen LogP contribution >= 0.6 is 0 Å². The third kappa shape index (κ3) is 2.73. The second kappa shape index (κ2) is 4.68. The molecule has 1 aliphatic heterocycles. The van der Waals surface area contributed by atoms with Gasteiger partial charge in [0.15, 0.2) is 0 Å². The van der Waals surface area contributed by atoms with E-state index in [1.165, 1.54) is 12.3 Å². The highest BCUT2D eigenvalue weighted by Gasteiger charge is 2.18. The van der Waals surface area contributed by atoms with Crippen molar-refractivity contribution in [2.75, 3.05) is 13.2 Å². The summed E-state index contributed by atoms with van der Waals surface area (Å²) in [4.78, 5) is 4.03. The average molecular weight is 210 g/mol. The van der Waals surface area contributed by atoms with Gasteiger partial charge in [-0.2, -0.15) is 0 Å². The zero-order valence-electron chi connectivity index (χ0n) is 8.74. The average Bonchev–Trinajstić information content (AvgIpc) is 2.44. The lowest BCUT2D eigenvalue weighted by molar-refractivity contribution is 0.0634. The van der Waals surface area contributed by atoms with E-state index in [0.717, 1.165) is 25.3 Å². The number of hydrogen-bond acceptors (Lipinski definition) is 3. The molecule has 0 aliphatic carbocycles. The summed E-state index contributed by atoms with van der Waals surface area (Å²) in [7, 11) is 0. The van der Waals surface area contributed by atoms with E-state index >= 15 is 0 Å². The van der Waals surface area contributed by atoms with Gasteiger partial charge in [0.25, 0.3) is 0 Å². The predicted octanol–water partition coefficient (Wildman–Crippen LogP) is 1.66. The van der Waals surface area contributed by atoms with Crippen molar-refractivity contribution in [1.82, 2.24) is 10.3 Å². The standard InChI is InChI=1S/C11H15FN2O/c1-8-4-5-15-11(7-13-8)10-3-2-9(12)6-14-10/h2-3,6,8,11,13H,4-5,7H2,1H3. The van der Waals surface area contributed by atoms with E-state index in [4.69, 9.17) is 4.74 Å². The summed E-state index contributed by atoms with van der Waals surface area (Å²) in [5.74, 6) is -0.311. The van der Waals surface area contributed by atoms with Gasteiger partial charge in [-0.3, -0.25) is 4.98 Å². The number of hydrogen-bond donors (Lipinski definition) is 1. The molecule has 15 heavy (non-hydrogen) atoms. The molecule has 1 fully saturated rings. The first-order valence-corrected chi connectivity index (χ1v) is 5.22. The summed E-state index contributed by atoms with van der Waals surface area (Å²) in [6.45, 7) is 3.58. The lowest BCUT2D eigenvalue weighted by atomic mass is 10.2. The van der Waals surface area contributed by atoms with Crippen LogP contribution in [-0.2, 0) is 4.74 Å². The maximum atomic E-state index is 12.7. The van der Waals surface area contributed by atoms with Crippen LogP contribution in [0.15, 0.2) is 18.3 Å². The predicted molar refractivity (Wildman–Crippen MR) is 55.0 cm³/mol. The van der Waals surface area contributed by atoms with Crippen molar-refractivity contribution < 1.29 is 9.13 Å². The highest BCUT2D eigenvalue weighted by molar-refractivity contribution is 5.09. The van der Waals surface area contributed by atoms with Crippen LogP contribution in [0.4, 0.5) is 4.39 Å². The highest BCUT2D eigenvalue weighted by atomic mass is 19.1. The van der Waals surface area contributed by atoms with Gasteiger partial charge in [0.2, 0.25) is 0 Å². The number of pyridine rings is 1. The van der Waals surface area contributed by atoms with E-state index in [-0.39, 0.29) is 11.9 Å². The topological polar surface area (TPSA) is 34.1 Å². The van der Waals surface area contributed by atoms with Gasteiger partial charge in [0.1, 0.15) is 11.9 Å². The van der Waals surface area contributed by atoms with Gasteiger partial charge in [0, 0.05) is 19.2 Å². The zero-order chi connectivity index (χ0) is 10.7. The molecule has 1 aliphatic rings. The number of nitrogens with one attached hydrogen (secondary N) is 1. The second-order valence-corrected chi connectivity index (χ2v) is 3.86. The molecule has 0 bridgehead atoms. The summed E-state index contributed by atoms with van der Waals surface area (Å²) in [5.41, 5.74) is 0.790. The third-order valence-electron chi connectivity index (χ3n) is 2.60. The van der Waals surface area contributed by atoms with E-state index in [2.05, 4.69) is 17.2 Å². The second-order valence-electron chi connectivity index (χ2n) is 3.86. The molecule has 3 nitrogen and oxygen atoms in total. The highest BCUT2D eigenvalue weighted by Crippen LogP contribution is 2.17. The molecule has 2 rings (SSSR count). The number of aromatic nitrogens is 1. The van der Waals surface area contributed by atoms with Gasteiger partial charge in [0.05, 0.1) is 11.9 Å². The minimum Gasteiger partial charge on any atom is -0.371 e. The molecular formula is C11H15FN2O. The Balaban J connectivity index is 2.06. The summed E-state index contributed by atoms with van der Waals surface area (Å²) >= 11 is 0. The van der Waals surface area contributed by atoms with E-state index in [9.17, 15) is 4.39 Å². The van der Waals surface area contributed by atoms with Gasteiger partial charge >= 0.3 is 0 Å². The van der Waals surface area contributed by atoms with Gasteiger partial charge in [-0.15, -0.1) is 0 Å². The summed E-state index contributed by atoms with van der Waals surface area (Å²) in [6, 6.07) is 3.56. The van der Waals surface area contributed by atoms with Crippen LogP contribution in [0.2, 0.25) is 0 Å². The van der Waals surface area contributed by atoms with Gasteiger partial charge in [-0.05, 0) is 25.5 Å². The fourth-order valence-corrected chi connectivity index (χ4v) is 1.62. The van der Waals surface area contributed by atoms with Crippen LogP contribution in [0.25, 0.3) is 0 Å². The van der Waals surface area contributed by atoms with Crippen LogP contribution in [0.3, 0.4) is 0 Å². The summed E-state index contributed by atoms with van der Waals surface area (Å²) < 4.78 is 18.3. The Morgan fingerprint density at radius 3 is 3.13 bits per heavy atom. The van der Waals surface area contributed by atoms with Crippen LogP contribution in [0, 0.1) is 5.82 Å². The lowest BCUT2D eigenvalue weighted by Gasteiger charge is -2.14. The summed E-state index contributed by atoms with van der Waals surface area (Å²) in [6.07, 6.45) is 2.17. The van der Waals surface area contributed by atoms with Crippen molar-refractivity contribution in [3.63, 3.8) is 0 Å². The number of nitrogens with zero attached hydrogens (tertiary/aromatic N) is 1. The Morgan fingerprint density at radius 2 is 2.40 bits per heavy atom. The Labute approximate surface area is 88.7 Å². The fraction of sp³-hybridized carbons (Fsp3) is 0.545. The van der Waals surface area contributed by atoms with Crippen molar-refractivity contribution in [2.24, 2.45) is 0 Å². The maximum Gasteiger partial charge on any atom is 0.141 e. The molecule has 0 radical (unpaired) electrons. The maximum absolute atomic E-state index is 12.7. The molecule has 1 N–H and O–H groups in total. The van der Waals surface area contributed by atoms with E-state index in [0.29, 0.717) is 6.04 Å². The molecule has 1 saturated heterocycles. The molecule has 1 aromatic rings. The van der Waals surface area contributed by atoms with Crippen molar-refractivity contribution in [2.45, 2.75) is 25.5 Å². The quantitative estimate of drug-likeness (QED) is 0.765. The third-order valence-corrected chi connectivity index (χ3v) is 2.60. The first kappa shape index (κ1) is 10.5. The van der Waals surface area contributed by atoms with E-state index < -0.39 is 0 Å². The van der Waals surface area contributed by atoms with Crippen molar-refractivity contribution in [1.29, 1.82) is 0 Å². The molecule has 0 spiro atoms. The van der Waals surface area contributed by atoms with Crippen molar-refractivity contribution in [3.05, 3.63) is 29.8 Å². The largest absolute Gasteiger partial charge is 0.371 e. The molecule has 82 valence electrons. The molecule has 2 unspecified atom stereocenters. The van der Waals surface area contributed by atoms with Crippen molar-refractivity contribution >= 4 is 0 Å². The molecule has 0 saturated carbocycles. The fourth-order valence-electron chi connectivity index (χ4n) is 1.62. The van der Waals surface area contributed by atoms with Crippen LogP contribution in [0.1, 0.15) is 25.1 Å². The first-order valence-electron chi connectivity index (χ1n) is 5.22. The van der Waals surface area contributed by atoms with Crippen molar-refractivity contribution in [3.8, 4) is 0 Å². The molecule has 0 aromatic carbocycles. The lowest BCUT2D eigenvalue weighted by Crippen LogP contribution is -2.27. The van der Waals surface area contributed by atoms with E-state index in [1.54, 1.807) is 6.07 Å². The van der Waals surface area contributed by atoms with E-state index in [1.807, 2.05) is 0 Å². The molecule has 4 heteroatoms. The zero-order valence-corrected chi connectivity index (χ0v) is 8.74. The smallest absolute Gasteiger partial charge is 0.141 e. The normalized spacial score (nSPS) is 27.3. The van der Waals surface area contributed by atoms with Gasteiger partial charge in [-0.25, -0.2) is 4.39 Å². The monoisotopic (exact) mass is 210 g/mol. The molecule has 2 heterocycles. The Bertz CT molecular complexity index is 315. The Hall–Kier alpha value is -1.00. The number of ether oxygens (including phenoxy) is 1. The van der Waals surface area contributed by atoms with Gasteiger partial charge < -0.3 is 10.1 Å².